The molecule has 1 aromatic rings. The van der Waals surface area contributed by atoms with Crippen LogP contribution in [0.15, 0.2) is 24.3 Å². The standard InChI is InChI=1S/C14H19NO2/c1-2-7-17-10-12(16)8-11-9-15-14-6-4-3-5-13(11)14/h3-6,11,15H,2,7-10H2,1H3. The van der Waals surface area contributed by atoms with Crippen LogP contribution >= 0.6 is 0 Å². The number of benzene rings is 1. The van der Waals surface area contributed by atoms with Crippen molar-refractivity contribution in [2.24, 2.45) is 0 Å². The number of para-hydroxylation sites is 1. The number of carbonyl (C=O) groups excluding carboxylic acids is 1. The van der Waals surface area contributed by atoms with E-state index in [2.05, 4.69) is 17.4 Å². The van der Waals surface area contributed by atoms with E-state index in [1.165, 1.54) is 11.3 Å². The molecule has 3 nitrogen and oxygen atoms in total. The van der Waals surface area contributed by atoms with E-state index in [-0.39, 0.29) is 12.4 Å². The van der Waals surface area contributed by atoms with E-state index in [1.807, 2.05) is 19.1 Å². The Morgan fingerprint density at radius 2 is 2.29 bits per heavy atom. The van der Waals surface area contributed by atoms with E-state index in [4.69, 9.17) is 4.74 Å². The van der Waals surface area contributed by atoms with Crippen molar-refractivity contribution in [2.75, 3.05) is 25.1 Å². The molecule has 17 heavy (non-hydrogen) atoms. The number of Topliss-reactive ketones (excluding diaryl/α,β-unsaturated/α-hetero) is 1. The number of ether oxygens (including phenoxy) is 1. The van der Waals surface area contributed by atoms with Crippen LogP contribution in [0.5, 0.6) is 0 Å². The van der Waals surface area contributed by atoms with Gasteiger partial charge in [0, 0.05) is 31.2 Å². The van der Waals surface area contributed by atoms with Crippen LogP contribution in [0.2, 0.25) is 0 Å². The molecule has 0 spiro atoms. The summed E-state index contributed by atoms with van der Waals surface area (Å²) in [6.45, 7) is 3.83. The minimum atomic E-state index is 0.196. The highest BCUT2D eigenvalue weighted by atomic mass is 16.5. The van der Waals surface area contributed by atoms with E-state index in [1.54, 1.807) is 0 Å². The second kappa shape index (κ2) is 5.82. The number of ketones is 1. The molecule has 1 atom stereocenters. The fourth-order valence-electron chi connectivity index (χ4n) is 2.20. The lowest BCUT2D eigenvalue weighted by Crippen LogP contribution is -2.14. The molecule has 1 aliphatic heterocycles. The van der Waals surface area contributed by atoms with Gasteiger partial charge in [-0.25, -0.2) is 0 Å². The van der Waals surface area contributed by atoms with Crippen molar-refractivity contribution in [1.29, 1.82) is 0 Å². The van der Waals surface area contributed by atoms with Crippen molar-refractivity contribution in [2.45, 2.75) is 25.7 Å². The van der Waals surface area contributed by atoms with Gasteiger partial charge in [-0.3, -0.25) is 4.79 Å². The van der Waals surface area contributed by atoms with Gasteiger partial charge >= 0.3 is 0 Å². The number of anilines is 1. The second-order valence-corrected chi connectivity index (χ2v) is 4.46. The van der Waals surface area contributed by atoms with Gasteiger partial charge in [0.2, 0.25) is 0 Å². The van der Waals surface area contributed by atoms with Gasteiger partial charge in [0.25, 0.3) is 0 Å². The molecule has 1 heterocycles. The summed E-state index contributed by atoms with van der Waals surface area (Å²) in [5, 5.41) is 3.33. The van der Waals surface area contributed by atoms with Gasteiger partial charge in [-0.15, -0.1) is 0 Å². The van der Waals surface area contributed by atoms with Crippen LogP contribution in [-0.2, 0) is 9.53 Å². The normalized spacial score (nSPS) is 17.6. The van der Waals surface area contributed by atoms with Gasteiger partial charge in [0.1, 0.15) is 6.61 Å². The summed E-state index contributed by atoms with van der Waals surface area (Å²) in [6, 6.07) is 8.20. The highest BCUT2D eigenvalue weighted by molar-refractivity contribution is 5.81. The van der Waals surface area contributed by atoms with Gasteiger partial charge in [0.05, 0.1) is 0 Å². The van der Waals surface area contributed by atoms with Crippen molar-refractivity contribution in [1.82, 2.24) is 0 Å². The lowest BCUT2D eigenvalue weighted by molar-refractivity contribution is -0.123. The third-order valence-corrected chi connectivity index (χ3v) is 3.03. The van der Waals surface area contributed by atoms with E-state index >= 15 is 0 Å². The zero-order valence-corrected chi connectivity index (χ0v) is 10.2. The number of hydrogen-bond donors (Lipinski definition) is 1. The smallest absolute Gasteiger partial charge is 0.159 e. The predicted molar refractivity (Wildman–Crippen MR) is 68.4 cm³/mol. The predicted octanol–water partition coefficient (Wildman–Crippen LogP) is 2.58. The number of fused-ring (bicyclic) bond motifs is 1. The Kier molecular flexibility index (Phi) is 4.15. The summed E-state index contributed by atoms with van der Waals surface area (Å²) >= 11 is 0. The van der Waals surface area contributed by atoms with Crippen molar-refractivity contribution in [3.63, 3.8) is 0 Å². The Morgan fingerprint density at radius 3 is 3.12 bits per heavy atom. The summed E-state index contributed by atoms with van der Waals surface area (Å²) < 4.78 is 5.27. The number of hydrogen-bond acceptors (Lipinski definition) is 3. The first-order valence-electron chi connectivity index (χ1n) is 6.23. The van der Waals surface area contributed by atoms with Gasteiger partial charge in [-0.05, 0) is 18.1 Å². The fraction of sp³-hybridized carbons (Fsp3) is 0.500. The summed E-state index contributed by atoms with van der Waals surface area (Å²) in [7, 11) is 0. The van der Waals surface area contributed by atoms with E-state index in [0.29, 0.717) is 18.9 Å². The molecule has 0 amide bonds. The molecule has 1 N–H and O–H groups in total. The molecule has 0 aromatic heterocycles. The van der Waals surface area contributed by atoms with Crippen LogP contribution in [0.25, 0.3) is 0 Å². The molecule has 0 aliphatic carbocycles. The van der Waals surface area contributed by atoms with E-state index < -0.39 is 0 Å². The van der Waals surface area contributed by atoms with Crippen LogP contribution in [0.3, 0.4) is 0 Å². The minimum absolute atomic E-state index is 0.196. The molecule has 0 saturated heterocycles. The Labute approximate surface area is 102 Å². The molecule has 0 fully saturated rings. The minimum Gasteiger partial charge on any atom is -0.384 e. The Bertz CT molecular complexity index is 390. The van der Waals surface area contributed by atoms with Crippen LogP contribution in [0.1, 0.15) is 31.2 Å². The number of rotatable bonds is 6. The molecular formula is C14H19NO2. The van der Waals surface area contributed by atoms with Gasteiger partial charge in [-0.2, -0.15) is 0 Å². The first kappa shape index (κ1) is 12.1. The van der Waals surface area contributed by atoms with E-state index in [0.717, 1.165) is 13.0 Å². The maximum Gasteiger partial charge on any atom is 0.159 e. The van der Waals surface area contributed by atoms with Crippen LogP contribution < -0.4 is 5.32 Å². The van der Waals surface area contributed by atoms with Crippen LogP contribution in [0.4, 0.5) is 5.69 Å². The fourth-order valence-corrected chi connectivity index (χ4v) is 2.20. The molecule has 1 aromatic carbocycles. The Balaban J connectivity index is 1.87. The molecule has 1 aliphatic rings. The van der Waals surface area contributed by atoms with Gasteiger partial charge in [0.15, 0.2) is 5.78 Å². The lowest BCUT2D eigenvalue weighted by atomic mass is 9.96. The molecule has 92 valence electrons. The third kappa shape index (κ3) is 3.07. The SMILES string of the molecule is CCCOCC(=O)CC1CNc2ccccc21. The lowest BCUT2D eigenvalue weighted by Gasteiger charge is -2.09. The highest BCUT2D eigenvalue weighted by Crippen LogP contribution is 2.33. The van der Waals surface area contributed by atoms with Crippen molar-refractivity contribution in [3.8, 4) is 0 Å². The first-order valence-corrected chi connectivity index (χ1v) is 6.23. The highest BCUT2D eigenvalue weighted by Gasteiger charge is 2.23. The van der Waals surface area contributed by atoms with Crippen molar-refractivity contribution < 1.29 is 9.53 Å². The quantitative estimate of drug-likeness (QED) is 0.767. The van der Waals surface area contributed by atoms with Crippen molar-refractivity contribution in [3.05, 3.63) is 29.8 Å². The Hall–Kier alpha value is -1.35. The first-order chi connectivity index (χ1) is 8.31. The molecule has 0 bridgehead atoms. The molecule has 1 unspecified atom stereocenters. The zero-order chi connectivity index (χ0) is 12.1. The average Bonchev–Trinajstić information content (AvgIpc) is 2.73. The molecular weight excluding hydrogens is 214 g/mol. The zero-order valence-electron chi connectivity index (χ0n) is 10.2. The second-order valence-electron chi connectivity index (χ2n) is 4.46. The largest absolute Gasteiger partial charge is 0.384 e. The summed E-state index contributed by atoms with van der Waals surface area (Å²) in [6.07, 6.45) is 1.54. The number of carbonyl (C=O) groups is 1. The summed E-state index contributed by atoms with van der Waals surface area (Å²) in [5.41, 5.74) is 2.43. The number of nitrogens with one attached hydrogen (secondary N) is 1. The molecule has 3 heteroatoms. The average molecular weight is 233 g/mol. The topological polar surface area (TPSA) is 38.3 Å². The van der Waals surface area contributed by atoms with Crippen LogP contribution in [0, 0.1) is 0 Å². The molecule has 2 rings (SSSR count). The van der Waals surface area contributed by atoms with Crippen molar-refractivity contribution >= 4 is 11.5 Å². The van der Waals surface area contributed by atoms with E-state index in [9.17, 15) is 4.79 Å². The molecule has 0 saturated carbocycles. The maximum atomic E-state index is 11.7. The Morgan fingerprint density at radius 1 is 1.47 bits per heavy atom. The molecule has 0 radical (unpaired) electrons. The summed E-state index contributed by atoms with van der Waals surface area (Å²) in [4.78, 5) is 11.7. The van der Waals surface area contributed by atoms with Gasteiger partial charge < -0.3 is 10.1 Å². The maximum absolute atomic E-state index is 11.7. The van der Waals surface area contributed by atoms with Crippen LogP contribution in [-0.4, -0.2) is 25.5 Å². The van der Waals surface area contributed by atoms with Gasteiger partial charge in [-0.1, -0.05) is 25.1 Å². The summed E-state index contributed by atoms with van der Waals surface area (Å²) in [5.74, 6) is 0.505. The monoisotopic (exact) mass is 233 g/mol. The third-order valence-electron chi connectivity index (χ3n) is 3.03.